The lowest BCUT2D eigenvalue weighted by Crippen LogP contribution is -1.63. The minimum absolute atomic E-state index is 1.16. The van der Waals surface area contributed by atoms with Gasteiger partial charge in [0, 0.05) is 21.8 Å². The number of fused-ring (bicyclic) bond motifs is 3. The second-order valence-corrected chi connectivity index (χ2v) is 3.07. The summed E-state index contributed by atoms with van der Waals surface area (Å²) in [5.74, 6) is 0. The molecule has 0 saturated heterocycles. The Kier molecular flexibility index (Phi) is 1.22. The molecule has 0 aliphatic rings. The predicted octanol–water partition coefficient (Wildman–Crippen LogP) is 2.92. The van der Waals surface area contributed by atoms with Gasteiger partial charge in [0.25, 0.3) is 0 Å². The van der Waals surface area contributed by atoms with E-state index < -0.39 is 0 Å². The summed E-state index contributed by atoms with van der Waals surface area (Å²) in [6, 6.07) is 18.1. The van der Waals surface area contributed by atoms with Gasteiger partial charge in [0.1, 0.15) is 0 Å². The molecule has 1 heterocycles. The normalized spacial score (nSPS) is 11.1. The Balaban J connectivity index is 2.64. The van der Waals surface area contributed by atoms with Gasteiger partial charge in [0.2, 0.25) is 0 Å². The van der Waals surface area contributed by atoms with E-state index in [1.807, 2.05) is 36.4 Å². The van der Waals surface area contributed by atoms with Gasteiger partial charge in [-0.2, -0.15) is 0 Å². The maximum absolute atomic E-state index is 3.34. The second kappa shape index (κ2) is 2.36. The lowest BCUT2D eigenvalue weighted by Gasteiger charge is -1.86. The molecule has 0 fully saturated rings. The SMILES string of the molecule is [c]1ccc2[nH]c3cc[c]cc3c2c1. The van der Waals surface area contributed by atoms with Crippen LogP contribution in [0.1, 0.15) is 0 Å². The molecule has 3 rings (SSSR count). The van der Waals surface area contributed by atoms with E-state index in [1.165, 1.54) is 10.8 Å². The quantitative estimate of drug-likeness (QED) is 0.527. The molecule has 1 aromatic heterocycles. The highest BCUT2D eigenvalue weighted by atomic mass is 14.7. The molecule has 0 amide bonds. The Morgan fingerprint density at radius 1 is 0.846 bits per heavy atom. The molecule has 3 aromatic rings. The molecule has 0 aliphatic carbocycles. The fraction of sp³-hybridized carbons (Fsp3) is 0. The van der Waals surface area contributed by atoms with E-state index in [0.29, 0.717) is 0 Å². The molecular weight excluding hydrogens is 158 g/mol. The molecule has 0 atom stereocenters. The van der Waals surface area contributed by atoms with E-state index >= 15 is 0 Å². The van der Waals surface area contributed by atoms with Crippen LogP contribution in [0.2, 0.25) is 0 Å². The standard InChI is InChI=1S/C12H7N/c1-3-7-11-9(5-1)10-6-2-4-8-12(10)13-11/h3-8,13H. The number of nitrogens with one attached hydrogen (secondary N) is 1. The van der Waals surface area contributed by atoms with Crippen molar-refractivity contribution >= 4 is 21.8 Å². The summed E-state index contributed by atoms with van der Waals surface area (Å²) in [6.45, 7) is 0. The van der Waals surface area contributed by atoms with Crippen molar-refractivity contribution in [1.29, 1.82) is 0 Å². The van der Waals surface area contributed by atoms with Crippen LogP contribution >= 0.6 is 0 Å². The summed E-state index contributed by atoms with van der Waals surface area (Å²) < 4.78 is 0. The summed E-state index contributed by atoms with van der Waals surface area (Å²) in [5.41, 5.74) is 2.32. The van der Waals surface area contributed by atoms with Crippen molar-refractivity contribution in [3.63, 3.8) is 0 Å². The number of aromatic nitrogens is 1. The van der Waals surface area contributed by atoms with Crippen LogP contribution in [0.4, 0.5) is 0 Å². The minimum atomic E-state index is 1.16. The summed E-state index contributed by atoms with van der Waals surface area (Å²) in [7, 11) is 0. The molecule has 0 bridgehead atoms. The molecule has 2 radical (unpaired) electrons. The van der Waals surface area contributed by atoms with Gasteiger partial charge in [-0.3, -0.25) is 0 Å². The fourth-order valence-electron chi connectivity index (χ4n) is 1.67. The van der Waals surface area contributed by atoms with Crippen molar-refractivity contribution < 1.29 is 0 Å². The summed E-state index contributed by atoms with van der Waals surface area (Å²) in [5, 5.41) is 2.43. The summed E-state index contributed by atoms with van der Waals surface area (Å²) in [4.78, 5) is 3.34. The van der Waals surface area contributed by atoms with Crippen molar-refractivity contribution in [2.24, 2.45) is 0 Å². The third-order valence-electron chi connectivity index (χ3n) is 2.29. The maximum Gasteiger partial charge on any atom is 0.0465 e. The average Bonchev–Trinajstić information content (AvgIpc) is 2.56. The first-order chi connectivity index (χ1) is 6.45. The lowest BCUT2D eigenvalue weighted by atomic mass is 10.2. The molecule has 1 heteroatoms. The Morgan fingerprint density at radius 3 is 1.92 bits per heavy atom. The number of rotatable bonds is 0. The number of hydrogen-bond donors (Lipinski definition) is 1. The molecule has 0 aliphatic heterocycles. The third kappa shape index (κ3) is 0.872. The maximum atomic E-state index is 3.34. The molecule has 1 nitrogen and oxygen atoms in total. The van der Waals surface area contributed by atoms with Gasteiger partial charge < -0.3 is 4.98 Å². The Morgan fingerprint density at radius 2 is 1.38 bits per heavy atom. The highest BCUT2D eigenvalue weighted by Gasteiger charge is 2.00. The fourth-order valence-corrected chi connectivity index (χ4v) is 1.67. The molecular formula is C12H7N. The number of hydrogen-bond acceptors (Lipinski definition) is 0. The first-order valence-corrected chi connectivity index (χ1v) is 4.23. The molecule has 1 N–H and O–H groups in total. The Hall–Kier alpha value is -1.76. The van der Waals surface area contributed by atoms with Gasteiger partial charge in [-0.1, -0.05) is 12.1 Å². The Bertz CT molecular complexity index is 513. The third-order valence-corrected chi connectivity index (χ3v) is 2.29. The van der Waals surface area contributed by atoms with E-state index in [9.17, 15) is 0 Å². The first kappa shape index (κ1) is 6.72. The topological polar surface area (TPSA) is 15.8 Å². The van der Waals surface area contributed by atoms with Crippen LogP contribution < -0.4 is 0 Å². The van der Waals surface area contributed by atoms with Gasteiger partial charge in [0.05, 0.1) is 0 Å². The van der Waals surface area contributed by atoms with Crippen LogP contribution in [0.3, 0.4) is 0 Å². The van der Waals surface area contributed by atoms with Crippen LogP contribution in [-0.2, 0) is 0 Å². The first-order valence-electron chi connectivity index (χ1n) is 4.23. The van der Waals surface area contributed by atoms with Crippen LogP contribution in [0.25, 0.3) is 21.8 Å². The molecule has 13 heavy (non-hydrogen) atoms. The highest BCUT2D eigenvalue weighted by molar-refractivity contribution is 6.06. The molecule has 0 unspecified atom stereocenters. The minimum Gasteiger partial charge on any atom is -0.355 e. The van der Waals surface area contributed by atoms with Crippen LogP contribution in [0.5, 0.6) is 0 Å². The zero-order valence-electron chi connectivity index (χ0n) is 6.96. The predicted molar refractivity (Wildman–Crippen MR) is 53.5 cm³/mol. The zero-order valence-corrected chi connectivity index (χ0v) is 6.96. The smallest absolute Gasteiger partial charge is 0.0465 e. The van der Waals surface area contributed by atoms with Crippen molar-refractivity contribution in [2.45, 2.75) is 0 Å². The van der Waals surface area contributed by atoms with E-state index in [1.54, 1.807) is 0 Å². The molecule has 2 aromatic carbocycles. The molecule has 0 saturated carbocycles. The summed E-state index contributed by atoms with van der Waals surface area (Å²) in [6.07, 6.45) is 0. The average molecular weight is 165 g/mol. The van der Waals surface area contributed by atoms with Crippen molar-refractivity contribution in [3.05, 3.63) is 48.5 Å². The Labute approximate surface area is 76.0 Å². The highest BCUT2D eigenvalue weighted by Crippen LogP contribution is 2.23. The van der Waals surface area contributed by atoms with Crippen LogP contribution in [0.15, 0.2) is 36.4 Å². The number of benzene rings is 2. The van der Waals surface area contributed by atoms with Crippen molar-refractivity contribution in [1.82, 2.24) is 4.98 Å². The number of aromatic amines is 1. The van der Waals surface area contributed by atoms with E-state index in [2.05, 4.69) is 17.1 Å². The zero-order chi connectivity index (χ0) is 8.67. The lowest BCUT2D eigenvalue weighted by molar-refractivity contribution is 1.54. The van der Waals surface area contributed by atoms with Gasteiger partial charge >= 0.3 is 0 Å². The van der Waals surface area contributed by atoms with E-state index in [0.717, 1.165) is 11.0 Å². The van der Waals surface area contributed by atoms with Gasteiger partial charge in [-0.15, -0.1) is 0 Å². The molecule has 60 valence electrons. The molecule has 0 spiro atoms. The van der Waals surface area contributed by atoms with Gasteiger partial charge in [0.15, 0.2) is 0 Å². The monoisotopic (exact) mass is 165 g/mol. The van der Waals surface area contributed by atoms with Crippen LogP contribution in [-0.4, -0.2) is 4.98 Å². The van der Waals surface area contributed by atoms with E-state index in [4.69, 9.17) is 0 Å². The summed E-state index contributed by atoms with van der Waals surface area (Å²) >= 11 is 0. The van der Waals surface area contributed by atoms with Crippen LogP contribution in [0, 0.1) is 12.1 Å². The second-order valence-electron chi connectivity index (χ2n) is 3.07. The largest absolute Gasteiger partial charge is 0.355 e. The van der Waals surface area contributed by atoms with Gasteiger partial charge in [-0.25, -0.2) is 0 Å². The number of H-pyrrole nitrogens is 1. The van der Waals surface area contributed by atoms with Gasteiger partial charge in [-0.05, 0) is 36.4 Å². The van der Waals surface area contributed by atoms with Crippen molar-refractivity contribution in [2.75, 3.05) is 0 Å². The van der Waals surface area contributed by atoms with Crippen molar-refractivity contribution in [3.8, 4) is 0 Å². The van der Waals surface area contributed by atoms with E-state index in [-0.39, 0.29) is 0 Å².